The number of carbonyl (C=O) groups excluding carboxylic acids is 1. The van der Waals surface area contributed by atoms with E-state index < -0.39 is 17.7 Å². The Balaban J connectivity index is 2.38. The van der Waals surface area contributed by atoms with Gasteiger partial charge in [0, 0.05) is 19.3 Å². The summed E-state index contributed by atoms with van der Waals surface area (Å²) in [4.78, 5) is 29.9. The molecular weight excluding hydrogens is 312 g/mol. The van der Waals surface area contributed by atoms with E-state index in [-0.39, 0.29) is 16.7 Å². The van der Waals surface area contributed by atoms with Crippen LogP contribution in [0.25, 0.3) is 0 Å². The summed E-state index contributed by atoms with van der Waals surface area (Å²) in [6.07, 6.45) is 1.20. The quantitative estimate of drug-likeness (QED) is 0.541. The van der Waals surface area contributed by atoms with Crippen molar-refractivity contribution in [2.24, 2.45) is 0 Å². The summed E-state index contributed by atoms with van der Waals surface area (Å²) in [5, 5.41) is 14.4. The number of rotatable bonds is 6. The van der Waals surface area contributed by atoms with Gasteiger partial charge in [-0.25, -0.2) is 14.6 Å². The predicted molar refractivity (Wildman–Crippen MR) is 81.3 cm³/mol. The van der Waals surface area contributed by atoms with Crippen molar-refractivity contribution in [2.45, 2.75) is 32.8 Å². The highest BCUT2D eigenvalue weighted by molar-refractivity contribution is 6.28. The molecule has 3 N–H and O–H groups in total. The Hall–Kier alpha value is -2.09. The van der Waals surface area contributed by atoms with Crippen LogP contribution in [-0.2, 0) is 4.74 Å². The van der Waals surface area contributed by atoms with Crippen LogP contribution in [0.15, 0.2) is 6.20 Å². The van der Waals surface area contributed by atoms with Gasteiger partial charge in [-0.3, -0.25) is 0 Å². The van der Waals surface area contributed by atoms with Gasteiger partial charge in [0.2, 0.25) is 5.28 Å². The second kappa shape index (κ2) is 7.79. The zero-order chi connectivity index (χ0) is 16.8. The lowest BCUT2D eigenvalue weighted by atomic mass is 10.2. The van der Waals surface area contributed by atoms with Crippen LogP contribution in [-0.4, -0.2) is 45.8 Å². The summed E-state index contributed by atoms with van der Waals surface area (Å²) >= 11 is 5.64. The van der Waals surface area contributed by atoms with Gasteiger partial charge >= 0.3 is 12.1 Å². The number of carboxylic acids is 1. The Kier molecular flexibility index (Phi) is 6.36. The number of anilines is 1. The molecule has 8 nitrogen and oxygen atoms in total. The third kappa shape index (κ3) is 6.57. The van der Waals surface area contributed by atoms with Crippen molar-refractivity contribution in [1.29, 1.82) is 0 Å². The van der Waals surface area contributed by atoms with Crippen LogP contribution in [0, 0.1) is 0 Å². The van der Waals surface area contributed by atoms with Crippen molar-refractivity contribution in [3.63, 3.8) is 0 Å². The third-order valence-corrected chi connectivity index (χ3v) is 2.49. The third-order valence-electron chi connectivity index (χ3n) is 2.30. The molecular formula is C13H19ClN4O4. The molecule has 1 amide bonds. The molecule has 1 aromatic rings. The second-order valence-corrected chi connectivity index (χ2v) is 5.75. The minimum Gasteiger partial charge on any atom is -0.477 e. The number of carboxylic acid groups (broad SMARTS) is 1. The van der Waals surface area contributed by atoms with Gasteiger partial charge in [-0.1, -0.05) is 0 Å². The number of hydrogen-bond donors (Lipinski definition) is 3. The summed E-state index contributed by atoms with van der Waals surface area (Å²) in [5.41, 5.74) is -0.610. The number of carbonyl (C=O) groups is 2. The van der Waals surface area contributed by atoms with E-state index >= 15 is 0 Å². The Morgan fingerprint density at radius 2 is 2.05 bits per heavy atom. The maximum Gasteiger partial charge on any atom is 0.407 e. The average Bonchev–Trinajstić information content (AvgIpc) is 2.35. The van der Waals surface area contributed by atoms with E-state index in [2.05, 4.69) is 20.6 Å². The van der Waals surface area contributed by atoms with Crippen molar-refractivity contribution in [3.8, 4) is 0 Å². The highest BCUT2D eigenvalue weighted by atomic mass is 35.5. The van der Waals surface area contributed by atoms with Crippen molar-refractivity contribution in [2.75, 3.05) is 18.4 Å². The van der Waals surface area contributed by atoms with Gasteiger partial charge in [-0.2, -0.15) is 4.98 Å². The lowest BCUT2D eigenvalue weighted by molar-refractivity contribution is 0.0527. The fraction of sp³-hybridized carbons (Fsp3) is 0.538. The average molecular weight is 331 g/mol. The number of ether oxygens (including phenoxy) is 1. The lowest BCUT2D eigenvalue weighted by Gasteiger charge is -2.19. The van der Waals surface area contributed by atoms with Gasteiger partial charge < -0.3 is 20.5 Å². The first kappa shape index (κ1) is 18.0. The Labute approximate surface area is 133 Å². The smallest absolute Gasteiger partial charge is 0.407 e. The molecule has 9 heteroatoms. The van der Waals surface area contributed by atoms with Crippen LogP contribution in [0.2, 0.25) is 5.28 Å². The van der Waals surface area contributed by atoms with Crippen molar-refractivity contribution in [1.82, 2.24) is 15.3 Å². The van der Waals surface area contributed by atoms with Gasteiger partial charge in [0.15, 0.2) is 0 Å². The molecule has 1 rings (SSSR count). The Morgan fingerprint density at radius 3 is 2.64 bits per heavy atom. The summed E-state index contributed by atoms with van der Waals surface area (Å²) in [6, 6.07) is 0. The largest absolute Gasteiger partial charge is 0.477 e. The molecule has 0 unspecified atom stereocenters. The van der Waals surface area contributed by atoms with E-state index in [1.165, 1.54) is 0 Å². The zero-order valence-electron chi connectivity index (χ0n) is 12.6. The van der Waals surface area contributed by atoms with Gasteiger partial charge in [0.25, 0.3) is 0 Å². The highest BCUT2D eigenvalue weighted by Crippen LogP contribution is 2.13. The predicted octanol–water partition coefficient (Wildman–Crippen LogP) is 2.15. The van der Waals surface area contributed by atoms with E-state index in [9.17, 15) is 9.59 Å². The van der Waals surface area contributed by atoms with E-state index in [4.69, 9.17) is 21.4 Å². The van der Waals surface area contributed by atoms with Crippen LogP contribution < -0.4 is 10.6 Å². The number of aromatic carboxylic acids is 1. The molecule has 0 aliphatic rings. The van der Waals surface area contributed by atoms with E-state index in [0.717, 1.165) is 6.20 Å². The fourth-order valence-electron chi connectivity index (χ4n) is 1.45. The normalized spacial score (nSPS) is 10.9. The molecule has 0 aliphatic heterocycles. The molecule has 0 fully saturated rings. The molecule has 0 spiro atoms. The first-order chi connectivity index (χ1) is 10.2. The van der Waals surface area contributed by atoms with Crippen LogP contribution in [0.3, 0.4) is 0 Å². The molecule has 1 aromatic heterocycles. The summed E-state index contributed by atoms with van der Waals surface area (Å²) in [5.74, 6) is -1.00. The number of halogens is 1. The van der Waals surface area contributed by atoms with Crippen LogP contribution in [0.4, 0.5) is 10.6 Å². The maximum absolute atomic E-state index is 11.4. The summed E-state index contributed by atoms with van der Waals surface area (Å²) in [6.45, 7) is 6.12. The molecule has 0 radical (unpaired) electrons. The number of nitrogens with zero attached hydrogens (tertiary/aromatic N) is 2. The minimum atomic E-state index is -1.15. The number of aromatic nitrogens is 2. The number of alkyl carbamates (subject to hydrolysis) is 1. The van der Waals surface area contributed by atoms with Crippen LogP contribution in [0.1, 0.15) is 37.6 Å². The molecule has 122 valence electrons. The minimum absolute atomic E-state index is 0.0422. The number of nitrogens with one attached hydrogen (secondary N) is 2. The van der Waals surface area contributed by atoms with E-state index in [1.54, 1.807) is 20.8 Å². The number of amides is 1. The van der Waals surface area contributed by atoms with Gasteiger partial charge in [-0.15, -0.1) is 0 Å². The van der Waals surface area contributed by atoms with Crippen LogP contribution in [0.5, 0.6) is 0 Å². The van der Waals surface area contributed by atoms with Gasteiger partial charge in [0.1, 0.15) is 17.0 Å². The fourth-order valence-corrected chi connectivity index (χ4v) is 1.58. The van der Waals surface area contributed by atoms with E-state index in [0.29, 0.717) is 19.5 Å². The highest BCUT2D eigenvalue weighted by Gasteiger charge is 2.15. The van der Waals surface area contributed by atoms with Crippen molar-refractivity contribution < 1.29 is 19.4 Å². The van der Waals surface area contributed by atoms with E-state index in [1.807, 2.05) is 0 Å². The lowest BCUT2D eigenvalue weighted by Crippen LogP contribution is -2.33. The molecule has 1 heterocycles. The molecule has 0 aliphatic carbocycles. The van der Waals surface area contributed by atoms with Crippen LogP contribution >= 0.6 is 11.6 Å². The number of hydrogen-bond acceptors (Lipinski definition) is 6. The molecule has 22 heavy (non-hydrogen) atoms. The molecule has 0 aromatic carbocycles. The topological polar surface area (TPSA) is 113 Å². The van der Waals surface area contributed by atoms with Crippen molar-refractivity contribution in [3.05, 3.63) is 17.0 Å². The second-order valence-electron chi connectivity index (χ2n) is 5.42. The molecule has 0 atom stereocenters. The van der Waals surface area contributed by atoms with Gasteiger partial charge in [-0.05, 0) is 38.8 Å². The van der Waals surface area contributed by atoms with Crippen molar-refractivity contribution >= 4 is 29.5 Å². The summed E-state index contributed by atoms with van der Waals surface area (Å²) in [7, 11) is 0. The summed E-state index contributed by atoms with van der Waals surface area (Å²) < 4.78 is 5.08. The standard InChI is InChI=1S/C13H19ClN4O4/c1-13(2,3)22-12(21)16-6-4-5-15-9-8(10(19)20)7-17-11(14)18-9/h7H,4-6H2,1-3H3,(H,16,21)(H,19,20)(H,15,17,18). The molecule has 0 bridgehead atoms. The zero-order valence-corrected chi connectivity index (χ0v) is 13.4. The first-order valence-electron chi connectivity index (χ1n) is 6.65. The monoisotopic (exact) mass is 330 g/mol. The SMILES string of the molecule is CC(C)(C)OC(=O)NCCCNc1nc(Cl)ncc1C(=O)O. The Bertz CT molecular complexity index is 545. The molecule has 0 saturated carbocycles. The molecule has 0 saturated heterocycles. The first-order valence-corrected chi connectivity index (χ1v) is 7.03. The van der Waals surface area contributed by atoms with Gasteiger partial charge in [0.05, 0.1) is 0 Å². The maximum atomic E-state index is 11.4. The Morgan fingerprint density at radius 1 is 1.36 bits per heavy atom.